The van der Waals surface area contributed by atoms with Crippen LogP contribution in [-0.2, 0) is 17.7 Å². The van der Waals surface area contributed by atoms with Crippen LogP contribution in [0, 0.1) is 12.7 Å². The largest absolute Gasteiger partial charge is 0.381 e. The van der Waals surface area contributed by atoms with Gasteiger partial charge in [-0.05, 0) is 38.0 Å². The summed E-state index contributed by atoms with van der Waals surface area (Å²) in [5, 5.41) is 12.1. The number of ether oxygens (including phenoxy) is 1. The molecule has 0 spiro atoms. The van der Waals surface area contributed by atoms with Gasteiger partial charge in [-0.3, -0.25) is 14.8 Å². The van der Waals surface area contributed by atoms with Gasteiger partial charge in [0.05, 0.1) is 38.0 Å². The number of pyridine rings is 2. The quantitative estimate of drug-likeness (QED) is 0.550. The average Bonchev–Trinajstić information content (AvgIpc) is 3.36. The number of aromatic amines is 1. The van der Waals surface area contributed by atoms with Crippen molar-refractivity contribution in [2.24, 2.45) is 0 Å². The third-order valence-corrected chi connectivity index (χ3v) is 5.24. The number of nitrogens with one attached hydrogen (secondary N) is 1. The van der Waals surface area contributed by atoms with Crippen LogP contribution < -0.4 is 0 Å². The summed E-state index contributed by atoms with van der Waals surface area (Å²) in [6.45, 7) is -1.87. The molecular weight excluding hydrogens is 390 g/mol. The number of hydrogen-bond donors (Lipinski definition) is 1. The van der Waals surface area contributed by atoms with Crippen LogP contribution in [0.2, 0.25) is 0 Å². The molecule has 0 saturated carbocycles. The fourth-order valence-corrected chi connectivity index (χ4v) is 3.93. The highest BCUT2D eigenvalue weighted by molar-refractivity contribution is 5.97. The summed E-state index contributed by atoms with van der Waals surface area (Å²) in [7, 11) is -3.12. The zero-order chi connectivity index (χ0) is 25.2. The van der Waals surface area contributed by atoms with Gasteiger partial charge in [-0.15, -0.1) is 0 Å². The van der Waals surface area contributed by atoms with Crippen LogP contribution in [0.3, 0.4) is 0 Å². The van der Waals surface area contributed by atoms with E-state index in [0.29, 0.717) is 44.9 Å². The molecule has 9 heteroatoms. The molecule has 0 saturated heterocycles. The van der Waals surface area contributed by atoms with E-state index >= 15 is 4.39 Å². The van der Waals surface area contributed by atoms with E-state index in [-0.39, 0.29) is 12.8 Å². The van der Waals surface area contributed by atoms with Crippen LogP contribution in [0.15, 0.2) is 30.6 Å². The number of hydrogen-bond acceptors (Lipinski definition) is 5. The second kappa shape index (κ2) is 6.94. The van der Waals surface area contributed by atoms with Crippen LogP contribution in [-0.4, -0.2) is 49.2 Å². The predicted molar refractivity (Wildman–Crippen MR) is 107 cm³/mol. The molecule has 1 N–H and O–H groups in total. The Hall–Kier alpha value is -3.20. The van der Waals surface area contributed by atoms with Crippen molar-refractivity contribution in [3.8, 4) is 22.5 Å². The Morgan fingerprint density at radius 3 is 3.10 bits per heavy atom. The molecule has 0 fully saturated rings. The van der Waals surface area contributed by atoms with Gasteiger partial charge in [0, 0.05) is 34.9 Å². The molecule has 154 valence electrons. The van der Waals surface area contributed by atoms with Gasteiger partial charge in [0.15, 0.2) is 11.3 Å². The lowest BCUT2D eigenvalue weighted by molar-refractivity contribution is 0.0100. The van der Waals surface area contributed by atoms with Crippen LogP contribution in [0.4, 0.5) is 8.78 Å². The summed E-state index contributed by atoms with van der Waals surface area (Å²) >= 11 is 0. The van der Waals surface area contributed by atoms with Gasteiger partial charge in [-0.2, -0.15) is 10.2 Å². The van der Waals surface area contributed by atoms with Crippen LogP contribution in [0.25, 0.3) is 33.5 Å². The maximum atomic E-state index is 15.9. The number of methoxy groups -OCH3 is 1. The molecule has 0 radical (unpaired) electrons. The van der Waals surface area contributed by atoms with E-state index in [4.69, 9.17) is 6.85 Å². The van der Waals surface area contributed by atoms with Crippen molar-refractivity contribution in [1.29, 1.82) is 0 Å². The van der Waals surface area contributed by atoms with Crippen molar-refractivity contribution in [2.45, 2.75) is 32.0 Å². The highest BCUT2D eigenvalue weighted by atomic mass is 19.1. The summed E-state index contributed by atoms with van der Waals surface area (Å²) < 4.78 is 73.1. The standard InChI is InChI=1S/C21H20F2N6O/c1-12-7-14(15-9-25-27-20(15)26-12)18-17-5-6-21(23,11-30-2)10-29(17)28-19(18)16-4-3-13(22)8-24-16/h3-4,7-9H,5-6,10-11H2,1-2H3,(H,25,26,27)/t21-/m0/s1/i2D3,11D2. The lowest BCUT2D eigenvalue weighted by Crippen LogP contribution is -2.39. The minimum atomic E-state index is -3.12. The smallest absolute Gasteiger partial charge is 0.155 e. The highest BCUT2D eigenvalue weighted by Gasteiger charge is 2.38. The number of nitrogens with zero attached hydrogens (tertiary/aromatic N) is 5. The molecule has 4 aromatic rings. The zero-order valence-electron chi connectivity index (χ0n) is 20.9. The monoisotopic (exact) mass is 415 g/mol. The lowest BCUT2D eigenvalue weighted by atomic mass is 9.91. The van der Waals surface area contributed by atoms with Crippen molar-refractivity contribution in [3.63, 3.8) is 0 Å². The van der Waals surface area contributed by atoms with Gasteiger partial charge in [-0.25, -0.2) is 13.8 Å². The Balaban J connectivity index is 1.69. The van der Waals surface area contributed by atoms with Crippen molar-refractivity contribution in [3.05, 3.63) is 47.8 Å². The van der Waals surface area contributed by atoms with E-state index in [9.17, 15) is 4.39 Å². The summed E-state index contributed by atoms with van der Waals surface area (Å²) in [5.74, 6) is -0.533. The second-order valence-corrected chi connectivity index (χ2v) is 7.30. The second-order valence-electron chi connectivity index (χ2n) is 7.30. The van der Waals surface area contributed by atoms with E-state index in [1.54, 1.807) is 6.20 Å². The first-order valence-electron chi connectivity index (χ1n) is 11.8. The SMILES string of the molecule is [2H]C([2H])([2H])OC([2H])([2H])[C@]1(F)CCc2c(-c3cc(C)nc4[nH]ncc34)c(-c3ccc(F)cn3)nn2C1. The summed E-state index contributed by atoms with van der Waals surface area (Å²) in [6, 6.07) is 4.52. The number of H-pyrrole nitrogens is 1. The molecule has 1 aliphatic heterocycles. The fourth-order valence-electron chi connectivity index (χ4n) is 3.93. The fraction of sp³-hybridized carbons (Fsp3) is 0.333. The van der Waals surface area contributed by atoms with E-state index in [1.165, 1.54) is 16.8 Å². The molecule has 7 nitrogen and oxygen atoms in total. The lowest BCUT2D eigenvalue weighted by Gasteiger charge is -2.30. The normalized spacial score (nSPS) is 22.0. The first kappa shape index (κ1) is 13.9. The van der Waals surface area contributed by atoms with Gasteiger partial charge in [0.25, 0.3) is 0 Å². The Labute approximate surface area is 178 Å². The molecule has 0 aliphatic carbocycles. The van der Waals surface area contributed by atoms with Gasteiger partial charge < -0.3 is 4.74 Å². The molecule has 5 heterocycles. The van der Waals surface area contributed by atoms with Crippen LogP contribution in [0.5, 0.6) is 0 Å². The predicted octanol–water partition coefficient (Wildman–Crippen LogP) is 3.63. The summed E-state index contributed by atoms with van der Waals surface area (Å²) in [6.07, 6.45) is 2.34. The Morgan fingerprint density at radius 1 is 1.40 bits per heavy atom. The molecule has 5 rings (SSSR count). The third-order valence-electron chi connectivity index (χ3n) is 5.24. The van der Waals surface area contributed by atoms with Crippen molar-refractivity contribution < 1.29 is 20.4 Å². The number of fused-ring (bicyclic) bond motifs is 2. The molecule has 0 amide bonds. The maximum absolute atomic E-state index is 15.9. The van der Waals surface area contributed by atoms with Gasteiger partial charge in [0.1, 0.15) is 11.5 Å². The highest BCUT2D eigenvalue weighted by Crippen LogP contribution is 2.41. The van der Waals surface area contributed by atoms with Gasteiger partial charge >= 0.3 is 0 Å². The topological polar surface area (TPSA) is 81.5 Å². The van der Waals surface area contributed by atoms with E-state index in [2.05, 4.69) is 30.0 Å². The number of rotatable bonds is 4. The van der Waals surface area contributed by atoms with Crippen molar-refractivity contribution in [1.82, 2.24) is 29.9 Å². The van der Waals surface area contributed by atoms with Crippen LogP contribution in [0.1, 0.15) is 24.7 Å². The van der Waals surface area contributed by atoms with Crippen molar-refractivity contribution in [2.75, 3.05) is 13.6 Å². The Morgan fingerprint density at radius 2 is 2.30 bits per heavy atom. The maximum Gasteiger partial charge on any atom is 0.155 e. The van der Waals surface area contributed by atoms with Gasteiger partial charge in [0.2, 0.25) is 0 Å². The molecule has 4 aromatic heterocycles. The molecule has 30 heavy (non-hydrogen) atoms. The van der Waals surface area contributed by atoms with E-state index < -0.39 is 31.6 Å². The molecule has 1 atom stereocenters. The van der Waals surface area contributed by atoms with E-state index in [0.717, 1.165) is 6.20 Å². The average molecular weight is 415 g/mol. The number of alkyl halides is 1. The van der Waals surface area contributed by atoms with Gasteiger partial charge in [-0.1, -0.05) is 0 Å². The molecule has 0 aromatic carbocycles. The molecule has 1 aliphatic rings. The minimum absolute atomic E-state index is 0.0324. The Kier molecular flexibility index (Phi) is 3.22. The number of aromatic nitrogens is 6. The van der Waals surface area contributed by atoms with Crippen LogP contribution >= 0.6 is 0 Å². The first-order valence-corrected chi connectivity index (χ1v) is 9.29. The number of halogens is 2. The number of aryl methyl sites for hydroxylation is 1. The van der Waals surface area contributed by atoms with Crippen molar-refractivity contribution >= 4 is 11.0 Å². The minimum Gasteiger partial charge on any atom is -0.381 e. The third kappa shape index (κ3) is 3.06. The molecule has 0 unspecified atom stereocenters. The van der Waals surface area contributed by atoms with E-state index in [1.807, 2.05) is 13.0 Å². The molecule has 0 bridgehead atoms. The first-order chi connectivity index (χ1) is 16.4. The summed E-state index contributed by atoms with van der Waals surface area (Å²) in [5.41, 5.74) is 1.15. The molecular formula is C21H20F2N6O. The summed E-state index contributed by atoms with van der Waals surface area (Å²) in [4.78, 5) is 8.58. The zero-order valence-corrected chi connectivity index (χ0v) is 15.9. The Bertz CT molecular complexity index is 1420.